The van der Waals surface area contributed by atoms with Crippen molar-refractivity contribution in [3.8, 4) is 0 Å². The largest absolute Gasteiger partial charge is 0.387 e. The van der Waals surface area contributed by atoms with Crippen LogP contribution in [0.5, 0.6) is 0 Å². The topological polar surface area (TPSA) is 29.5 Å². The highest BCUT2D eigenvalue weighted by Crippen LogP contribution is 2.42. The SMILES string of the molecule is CC1CCCC(C2(O)CCOC2C)C1. The van der Waals surface area contributed by atoms with Crippen LogP contribution in [-0.4, -0.2) is 23.4 Å². The van der Waals surface area contributed by atoms with Gasteiger partial charge in [0.2, 0.25) is 0 Å². The van der Waals surface area contributed by atoms with E-state index in [9.17, 15) is 5.11 Å². The van der Waals surface area contributed by atoms with E-state index >= 15 is 0 Å². The molecule has 1 saturated heterocycles. The average molecular weight is 198 g/mol. The van der Waals surface area contributed by atoms with Crippen LogP contribution in [0.15, 0.2) is 0 Å². The molecule has 0 spiro atoms. The van der Waals surface area contributed by atoms with Gasteiger partial charge in [-0.1, -0.05) is 19.8 Å². The van der Waals surface area contributed by atoms with Crippen molar-refractivity contribution >= 4 is 0 Å². The first-order valence-corrected chi connectivity index (χ1v) is 5.97. The molecule has 1 aliphatic carbocycles. The Labute approximate surface area is 86.6 Å². The summed E-state index contributed by atoms with van der Waals surface area (Å²) in [7, 11) is 0. The van der Waals surface area contributed by atoms with E-state index in [0.717, 1.165) is 18.9 Å². The van der Waals surface area contributed by atoms with Crippen LogP contribution in [0.25, 0.3) is 0 Å². The van der Waals surface area contributed by atoms with E-state index in [0.29, 0.717) is 5.92 Å². The fourth-order valence-electron chi connectivity index (χ4n) is 3.17. The lowest BCUT2D eigenvalue weighted by molar-refractivity contribution is -0.0835. The van der Waals surface area contributed by atoms with Gasteiger partial charge in [0.1, 0.15) is 0 Å². The summed E-state index contributed by atoms with van der Waals surface area (Å²) in [6.45, 7) is 5.06. The lowest BCUT2D eigenvalue weighted by atomic mass is 9.71. The molecular formula is C12H22O2. The Morgan fingerprint density at radius 1 is 1.29 bits per heavy atom. The maximum absolute atomic E-state index is 10.6. The molecule has 2 rings (SSSR count). The highest BCUT2D eigenvalue weighted by atomic mass is 16.5. The molecule has 0 bridgehead atoms. The standard InChI is InChI=1S/C12H22O2/c1-9-4-3-5-11(8-9)12(13)6-7-14-10(12)2/h9-11,13H,3-8H2,1-2H3. The number of hydrogen-bond acceptors (Lipinski definition) is 2. The van der Waals surface area contributed by atoms with Crippen molar-refractivity contribution in [1.29, 1.82) is 0 Å². The molecule has 82 valence electrons. The lowest BCUT2D eigenvalue weighted by Crippen LogP contribution is -2.45. The van der Waals surface area contributed by atoms with Gasteiger partial charge in [-0.3, -0.25) is 0 Å². The normalized spacial score (nSPS) is 49.5. The van der Waals surface area contributed by atoms with Gasteiger partial charge in [-0.05, 0) is 31.6 Å². The number of ether oxygens (including phenoxy) is 1. The van der Waals surface area contributed by atoms with Crippen LogP contribution in [-0.2, 0) is 4.74 Å². The minimum absolute atomic E-state index is 0.0396. The monoisotopic (exact) mass is 198 g/mol. The third-order valence-corrected chi connectivity index (χ3v) is 4.22. The second kappa shape index (κ2) is 3.82. The zero-order valence-electron chi connectivity index (χ0n) is 9.33. The molecule has 2 nitrogen and oxygen atoms in total. The average Bonchev–Trinajstić information content (AvgIpc) is 2.49. The molecule has 0 aromatic carbocycles. The quantitative estimate of drug-likeness (QED) is 0.701. The molecule has 0 radical (unpaired) electrons. The highest BCUT2D eigenvalue weighted by molar-refractivity contribution is 4.97. The fraction of sp³-hybridized carbons (Fsp3) is 1.00. The van der Waals surface area contributed by atoms with Crippen molar-refractivity contribution in [2.24, 2.45) is 11.8 Å². The van der Waals surface area contributed by atoms with Crippen LogP contribution >= 0.6 is 0 Å². The highest BCUT2D eigenvalue weighted by Gasteiger charge is 2.46. The Bertz CT molecular complexity index is 204. The van der Waals surface area contributed by atoms with Gasteiger partial charge in [-0.2, -0.15) is 0 Å². The van der Waals surface area contributed by atoms with E-state index in [1.54, 1.807) is 0 Å². The number of rotatable bonds is 1. The van der Waals surface area contributed by atoms with Gasteiger partial charge in [0.15, 0.2) is 0 Å². The molecule has 4 unspecified atom stereocenters. The Morgan fingerprint density at radius 2 is 2.07 bits per heavy atom. The second-order valence-electron chi connectivity index (χ2n) is 5.22. The molecule has 0 aromatic rings. The maximum Gasteiger partial charge on any atom is 0.0955 e. The first kappa shape index (κ1) is 10.4. The zero-order valence-corrected chi connectivity index (χ0v) is 9.33. The van der Waals surface area contributed by atoms with Crippen molar-refractivity contribution in [3.05, 3.63) is 0 Å². The predicted molar refractivity (Wildman–Crippen MR) is 56.1 cm³/mol. The number of aliphatic hydroxyl groups is 1. The van der Waals surface area contributed by atoms with Gasteiger partial charge < -0.3 is 9.84 Å². The van der Waals surface area contributed by atoms with Crippen LogP contribution in [0.2, 0.25) is 0 Å². The van der Waals surface area contributed by atoms with Crippen LogP contribution in [0.4, 0.5) is 0 Å². The molecule has 2 aliphatic rings. The summed E-state index contributed by atoms with van der Waals surface area (Å²) in [5.41, 5.74) is -0.519. The summed E-state index contributed by atoms with van der Waals surface area (Å²) in [5, 5.41) is 10.6. The molecule has 2 heteroatoms. The van der Waals surface area contributed by atoms with E-state index < -0.39 is 5.60 Å². The second-order valence-corrected chi connectivity index (χ2v) is 5.22. The smallest absolute Gasteiger partial charge is 0.0955 e. The van der Waals surface area contributed by atoms with Crippen molar-refractivity contribution in [2.45, 2.75) is 57.7 Å². The molecule has 2 fully saturated rings. The van der Waals surface area contributed by atoms with Crippen molar-refractivity contribution < 1.29 is 9.84 Å². The molecule has 1 saturated carbocycles. The summed E-state index contributed by atoms with van der Waals surface area (Å²) in [4.78, 5) is 0. The molecule has 1 aliphatic heterocycles. The molecule has 4 atom stereocenters. The van der Waals surface area contributed by atoms with Crippen molar-refractivity contribution in [3.63, 3.8) is 0 Å². The van der Waals surface area contributed by atoms with Crippen molar-refractivity contribution in [2.75, 3.05) is 6.61 Å². The summed E-state index contributed by atoms with van der Waals surface area (Å²) in [5.74, 6) is 1.26. The summed E-state index contributed by atoms with van der Waals surface area (Å²) >= 11 is 0. The van der Waals surface area contributed by atoms with E-state index in [1.165, 1.54) is 25.7 Å². The Balaban J connectivity index is 2.05. The molecule has 1 heterocycles. The Kier molecular flexibility index (Phi) is 2.85. The zero-order chi connectivity index (χ0) is 10.2. The minimum atomic E-state index is -0.519. The van der Waals surface area contributed by atoms with Gasteiger partial charge in [0, 0.05) is 13.0 Å². The predicted octanol–water partition coefficient (Wildman–Crippen LogP) is 2.35. The third-order valence-electron chi connectivity index (χ3n) is 4.22. The maximum atomic E-state index is 10.6. The molecular weight excluding hydrogens is 176 g/mol. The van der Waals surface area contributed by atoms with Crippen LogP contribution < -0.4 is 0 Å². The van der Waals surface area contributed by atoms with Crippen molar-refractivity contribution in [1.82, 2.24) is 0 Å². The molecule has 0 amide bonds. The van der Waals surface area contributed by atoms with E-state index in [-0.39, 0.29) is 6.10 Å². The van der Waals surface area contributed by atoms with Gasteiger partial charge in [0.25, 0.3) is 0 Å². The minimum Gasteiger partial charge on any atom is -0.387 e. The fourth-order valence-corrected chi connectivity index (χ4v) is 3.17. The number of hydrogen-bond donors (Lipinski definition) is 1. The lowest BCUT2D eigenvalue weighted by Gasteiger charge is -2.39. The molecule has 14 heavy (non-hydrogen) atoms. The Hall–Kier alpha value is -0.0800. The molecule has 0 aromatic heterocycles. The van der Waals surface area contributed by atoms with Crippen LogP contribution in [0, 0.1) is 11.8 Å². The summed E-state index contributed by atoms with van der Waals surface area (Å²) in [6, 6.07) is 0. The van der Waals surface area contributed by atoms with Gasteiger partial charge in [0.05, 0.1) is 11.7 Å². The van der Waals surface area contributed by atoms with Gasteiger partial charge in [-0.15, -0.1) is 0 Å². The van der Waals surface area contributed by atoms with Gasteiger partial charge >= 0.3 is 0 Å². The summed E-state index contributed by atoms with van der Waals surface area (Å²) < 4.78 is 5.51. The third kappa shape index (κ3) is 1.70. The van der Waals surface area contributed by atoms with E-state index in [4.69, 9.17) is 4.74 Å². The Morgan fingerprint density at radius 3 is 2.64 bits per heavy atom. The molecule has 1 N–H and O–H groups in total. The first-order valence-electron chi connectivity index (χ1n) is 5.97. The van der Waals surface area contributed by atoms with E-state index in [1.807, 2.05) is 6.92 Å². The van der Waals surface area contributed by atoms with Crippen LogP contribution in [0.1, 0.15) is 46.0 Å². The first-order chi connectivity index (χ1) is 6.63. The van der Waals surface area contributed by atoms with Crippen LogP contribution in [0.3, 0.4) is 0 Å². The summed E-state index contributed by atoms with van der Waals surface area (Å²) in [6.07, 6.45) is 5.87. The van der Waals surface area contributed by atoms with E-state index in [2.05, 4.69) is 6.92 Å². The van der Waals surface area contributed by atoms with Gasteiger partial charge in [-0.25, -0.2) is 0 Å².